The van der Waals surface area contributed by atoms with Crippen LogP contribution in [0.2, 0.25) is 0 Å². The quantitative estimate of drug-likeness (QED) is 0.441. The number of carbonyl (C=O) groups excluding carboxylic acids is 2. The number of H-pyrrole nitrogens is 1. The Morgan fingerprint density at radius 1 is 0.789 bits per heavy atom. The van der Waals surface area contributed by atoms with Crippen molar-refractivity contribution < 1.29 is 14.3 Å². The topological polar surface area (TPSA) is 91.4 Å². The van der Waals surface area contributed by atoms with Gasteiger partial charge in [-0.05, 0) is 78.1 Å². The molecule has 2 saturated heterocycles. The monoisotopic (exact) mass is 507 g/mol. The van der Waals surface area contributed by atoms with Gasteiger partial charge >= 0.3 is 0 Å². The Hall–Kier alpha value is -3.94. The number of aromatic amines is 1. The molecule has 8 nitrogen and oxygen atoms in total. The van der Waals surface area contributed by atoms with Gasteiger partial charge in [-0.25, -0.2) is 0 Å². The molecule has 0 spiro atoms. The van der Waals surface area contributed by atoms with E-state index < -0.39 is 0 Å². The Bertz CT molecular complexity index is 1570. The van der Waals surface area contributed by atoms with E-state index in [1.54, 1.807) is 0 Å². The van der Waals surface area contributed by atoms with Crippen LogP contribution in [0, 0.1) is 29.6 Å². The van der Waals surface area contributed by atoms with Gasteiger partial charge in [-0.1, -0.05) is 24.3 Å². The SMILES string of the molecule is O=C(c1cc(OCC2CC2)c2ccccc2c1)N1CC2C(C1)[C@@H]1CN(C(=O)c3ccc4n[nH]nc4c3)C[C@H]21. The van der Waals surface area contributed by atoms with Crippen LogP contribution in [0.4, 0.5) is 0 Å². The molecule has 8 heteroatoms. The highest BCUT2D eigenvalue weighted by atomic mass is 16.5. The van der Waals surface area contributed by atoms with Crippen LogP contribution < -0.4 is 4.74 Å². The largest absolute Gasteiger partial charge is 0.493 e. The van der Waals surface area contributed by atoms with Crippen LogP contribution >= 0.6 is 0 Å². The smallest absolute Gasteiger partial charge is 0.254 e. The van der Waals surface area contributed by atoms with Crippen molar-refractivity contribution >= 4 is 33.6 Å². The molecule has 38 heavy (non-hydrogen) atoms. The summed E-state index contributed by atoms with van der Waals surface area (Å²) in [6, 6.07) is 17.6. The lowest BCUT2D eigenvalue weighted by Gasteiger charge is -2.42. The summed E-state index contributed by atoms with van der Waals surface area (Å²) in [7, 11) is 0. The van der Waals surface area contributed by atoms with E-state index in [1.165, 1.54) is 12.8 Å². The van der Waals surface area contributed by atoms with Crippen LogP contribution in [-0.2, 0) is 0 Å². The highest BCUT2D eigenvalue weighted by Gasteiger charge is 2.59. The summed E-state index contributed by atoms with van der Waals surface area (Å²) in [5.41, 5.74) is 2.83. The number of amides is 2. The van der Waals surface area contributed by atoms with Crippen molar-refractivity contribution in [1.29, 1.82) is 0 Å². The second-order valence-electron chi connectivity index (χ2n) is 11.6. The number of aromatic nitrogens is 3. The first-order valence-corrected chi connectivity index (χ1v) is 13.7. The molecule has 4 atom stereocenters. The molecule has 1 aromatic heterocycles. The number of hydrogen-bond acceptors (Lipinski definition) is 5. The van der Waals surface area contributed by atoms with E-state index in [0.717, 1.165) is 54.8 Å². The van der Waals surface area contributed by atoms with Crippen LogP contribution in [0.15, 0.2) is 54.6 Å². The minimum atomic E-state index is 0.0604. The number of ether oxygens (including phenoxy) is 1. The maximum absolute atomic E-state index is 13.7. The fraction of sp³-hybridized carbons (Fsp3) is 0.400. The summed E-state index contributed by atoms with van der Waals surface area (Å²) >= 11 is 0. The second kappa shape index (κ2) is 8.28. The summed E-state index contributed by atoms with van der Waals surface area (Å²) in [6.07, 6.45) is 2.46. The van der Waals surface area contributed by atoms with Crippen molar-refractivity contribution in [2.24, 2.45) is 29.6 Å². The summed E-state index contributed by atoms with van der Waals surface area (Å²) in [5, 5.41) is 12.9. The maximum atomic E-state index is 13.7. The lowest BCUT2D eigenvalue weighted by atomic mass is 9.60. The number of likely N-dealkylation sites (tertiary alicyclic amines) is 2. The van der Waals surface area contributed by atoms with Crippen molar-refractivity contribution in [1.82, 2.24) is 25.2 Å². The predicted octanol–water partition coefficient (Wildman–Crippen LogP) is 3.99. The third kappa shape index (κ3) is 3.50. The maximum Gasteiger partial charge on any atom is 0.254 e. The number of fused-ring (bicyclic) bond motifs is 6. The van der Waals surface area contributed by atoms with Gasteiger partial charge in [-0.2, -0.15) is 15.4 Å². The van der Waals surface area contributed by atoms with Gasteiger partial charge < -0.3 is 14.5 Å². The van der Waals surface area contributed by atoms with Crippen molar-refractivity contribution in [3.05, 3.63) is 65.7 Å². The van der Waals surface area contributed by atoms with Gasteiger partial charge in [0.1, 0.15) is 16.8 Å². The molecule has 4 aliphatic rings. The van der Waals surface area contributed by atoms with E-state index in [4.69, 9.17) is 4.74 Å². The molecule has 0 radical (unpaired) electrons. The first-order chi connectivity index (χ1) is 18.6. The Labute approximate surface area is 219 Å². The number of hydrogen-bond donors (Lipinski definition) is 1. The van der Waals surface area contributed by atoms with E-state index in [9.17, 15) is 9.59 Å². The van der Waals surface area contributed by atoms with Gasteiger partial charge in [0.15, 0.2) is 0 Å². The van der Waals surface area contributed by atoms with E-state index in [2.05, 4.69) is 27.5 Å². The molecule has 2 aliphatic heterocycles. The number of nitrogens with zero attached hydrogens (tertiary/aromatic N) is 4. The van der Waals surface area contributed by atoms with Gasteiger partial charge in [-0.3, -0.25) is 9.59 Å². The molecular weight excluding hydrogens is 478 g/mol. The number of nitrogens with one attached hydrogen (secondary N) is 1. The van der Waals surface area contributed by atoms with Crippen LogP contribution in [0.3, 0.4) is 0 Å². The van der Waals surface area contributed by atoms with Gasteiger partial charge in [0, 0.05) is 42.7 Å². The zero-order valence-electron chi connectivity index (χ0n) is 21.0. The van der Waals surface area contributed by atoms with E-state index in [0.29, 0.717) is 46.2 Å². The summed E-state index contributed by atoms with van der Waals surface area (Å²) in [6.45, 7) is 3.78. The van der Waals surface area contributed by atoms with Crippen molar-refractivity contribution in [3.63, 3.8) is 0 Å². The molecule has 2 aliphatic carbocycles. The number of carbonyl (C=O) groups is 2. The Kier molecular flexibility index (Phi) is 4.81. The molecule has 4 aromatic rings. The van der Waals surface area contributed by atoms with E-state index >= 15 is 0 Å². The summed E-state index contributed by atoms with van der Waals surface area (Å²) < 4.78 is 6.18. The first-order valence-electron chi connectivity index (χ1n) is 13.7. The van der Waals surface area contributed by atoms with Crippen molar-refractivity contribution in [2.75, 3.05) is 32.8 Å². The van der Waals surface area contributed by atoms with Gasteiger partial charge in [0.05, 0.1) is 6.61 Å². The molecule has 4 fully saturated rings. The van der Waals surface area contributed by atoms with Crippen LogP contribution in [0.1, 0.15) is 33.6 Å². The molecule has 3 aromatic carbocycles. The zero-order valence-corrected chi connectivity index (χ0v) is 21.0. The molecule has 2 amide bonds. The zero-order chi connectivity index (χ0) is 25.4. The van der Waals surface area contributed by atoms with Crippen LogP contribution in [0.5, 0.6) is 5.75 Å². The van der Waals surface area contributed by atoms with Crippen LogP contribution in [0.25, 0.3) is 21.8 Å². The molecule has 0 bridgehead atoms. The molecule has 2 saturated carbocycles. The third-order valence-corrected chi connectivity index (χ3v) is 9.30. The molecule has 1 N–H and O–H groups in total. The van der Waals surface area contributed by atoms with Gasteiger partial charge in [0.2, 0.25) is 0 Å². The second-order valence-corrected chi connectivity index (χ2v) is 11.6. The summed E-state index contributed by atoms with van der Waals surface area (Å²) in [5.74, 6) is 3.47. The highest BCUT2D eigenvalue weighted by Crippen LogP contribution is 2.54. The highest BCUT2D eigenvalue weighted by molar-refractivity contribution is 6.01. The summed E-state index contributed by atoms with van der Waals surface area (Å²) in [4.78, 5) is 30.9. The van der Waals surface area contributed by atoms with Crippen molar-refractivity contribution in [2.45, 2.75) is 12.8 Å². The Morgan fingerprint density at radius 2 is 1.45 bits per heavy atom. The number of rotatable bonds is 5. The van der Waals surface area contributed by atoms with E-state index in [-0.39, 0.29) is 11.8 Å². The van der Waals surface area contributed by atoms with Crippen LogP contribution in [-0.4, -0.2) is 69.8 Å². The normalized spacial score (nSPS) is 25.9. The Morgan fingerprint density at radius 3 is 2.16 bits per heavy atom. The molecule has 192 valence electrons. The number of benzene rings is 3. The average molecular weight is 508 g/mol. The molecule has 2 unspecified atom stereocenters. The lowest BCUT2D eigenvalue weighted by Crippen LogP contribution is -2.44. The average Bonchev–Trinajstić information content (AvgIpc) is 3.33. The third-order valence-electron chi connectivity index (χ3n) is 9.30. The predicted molar refractivity (Wildman–Crippen MR) is 142 cm³/mol. The van der Waals surface area contributed by atoms with Gasteiger partial charge in [-0.15, -0.1) is 0 Å². The van der Waals surface area contributed by atoms with Crippen molar-refractivity contribution in [3.8, 4) is 5.75 Å². The Balaban J connectivity index is 0.969. The molecular formula is C30H29N5O3. The fourth-order valence-corrected chi connectivity index (χ4v) is 7.06. The minimum absolute atomic E-state index is 0.0604. The molecule has 3 heterocycles. The minimum Gasteiger partial charge on any atom is -0.493 e. The van der Waals surface area contributed by atoms with Gasteiger partial charge in [0.25, 0.3) is 11.8 Å². The van der Waals surface area contributed by atoms with E-state index in [1.807, 2.05) is 52.3 Å². The molecule has 8 rings (SSSR count). The standard InChI is InChI=1S/C30H29N5O3/c36-29(19-7-8-26-27(10-19)32-33-31-26)34-12-22-23(13-34)25-15-35(14-24(22)25)30(37)20-9-18-3-1-2-4-21(18)28(11-20)38-16-17-5-6-17/h1-4,7-11,17,22-25H,5-6,12-16H2,(H,31,32,33)/t22-,23+,24?,25?. The lowest BCUT2D eigenvalue weighted by molar-refractivity contribution is 0.0629. The first kappa shape index (κ1) is 22.1. The fourth-order valence-electron chi connectivity index (χ4n) is 7.06.